The molecule has 12 heavy (non-hydrogen) atoms. The molecule has 0 spiro atoms. The van der Waals surface area contributed by atoms with E-state index in [4.69, 9.17) is 14.2 Å². The zero-order valence-electron chi connectivity index (χ0n) is 7.59. The van der Waals surface area contributed by atoms with Crippen molar-refractivity contribution in [3.8, 4) is 0 Å². The van der Waals surface area contributed by atoms with Crippen LogP contribution in [0.5, 0.6) is 0 Å². The van der Waals surface area contributed by atoms with Gasteiger partial charge in [0.25, 0.3) is 0 Å². The third-order valence-electron chi connectivity index (χ3n) is 1.73. The summed E-state index contributed by atoms with van der Waals surface area (Å²) in [6.45, 7) is 4.92. The maximum atomic E-state index is 5.35. The van der Waals surface area contributed by atoms with E-state index in [-0.39, 0.29) is 0 Å². The zero-order chi connectivity index (χ0) is 8.49. The molecule has 0 bridgehead atoms. The molecule has 1 rings (SSSR count). The Morgan fingerprint density at radius 3 is 0.917 bits per heavy atom. The van der Waals surface area contributed by atoms with E-state index in [1.165, 1.54) is 0 Å². The van der Waals surface area contributed by atoms with Gasteiger partial charge in [0.05, 0.1) is 0 Å². The highest BCUT2D eigenvalue weighted by molar-refractivity contribution is 4.41. The van der Waals surface area contributed by atoms with Crippen molar-refractivity contribution in [2.75, 3.05) is 39.6 Å². The fourth-order valence-electron chi connectivity index (χ4n) is 1.10. The van der Waals surface area contributed by atoms with E-state index in [0.29, 0.717) is 0 Å². The summed E-state index contributed by atoms with van der Waals surface area (Å²) in [4.78, 5) is 0. The molecule has 3 heteroatoms. The first-order valence-electron chi connectivity index (χ1n) is 4.73. The Kier molecular flexibility index (Phi) is 6.25. The van der Waals surface area contributed by atoms with Crippen LogP contribution in [0, 0.1) is 0 Å². The first-order valence-corrected chi connectivity index (χ1v) is 4.73. The fraction of sp³-hybridized carbons (Fsp3) is 1.00. The van der Waals surface area contributed by atoms with Crippen molar-refractivity contribution in [3.63, 3.8) is 0 Å². The van der Waals surface area contributed by atoms with E-state index < -0.39 is 0 Å². The van der Waals surface area contributed by atoms with Crippen LogP contribution in [0.3, 0.4) is 0 Å². The lowest BCUT2D eigenvalue weighted by Crippen LogP contribution is -2.09. The van der Waals surface area contributed by atoms with Crippen molar-refractivity contribution < 1.29 is 14.2 Å². The van der Waals surface area contributed by atoms with Crippen molar-refractivity contribution in [1.29, 1.82) is 0 Å². The van der Waals surface area contributed by atoms with E-state index >= 15 is 0 Å². The zero-order valence-corrected chi connectivity index (χ0v) is 7.59. The molecular weight excluding hydrogens is 156 g/mol. The lowest BCUT2D eigenvalue weighted by molar-refractivity contribution is 0.0369. The summed E-state index contributed by atoms with van der Waals surface area (Å²) in [6.07, 6.45) is 3.04. The maximum absolute atomic E-state index is 5.35. The third kappa shape index (κ3) is 5.52. The van der Waals surface area contributed by atoms with E-state index in [2.05, 4.69) is 0 Å². The van der Waals surface area contributed by atoms with Crippen LogP contribution in [0.1, 0.15) is 19.3 Å². The molecule has 0 aromatic carbocycles. The van der Waals surface area contributed by atoms with Gasteiger partial charge in [-0.1, -0.05) is 0 Å². The average Bonchev–Trinajstić information content (AvgIpc) is 2.05. The molecule has 1 fully saturated rings. The first kappa shape index (κ1) is 9.96. The Morgan fingerprint density at radius 1 is 0.417 bits per heavy atom. The standard InChI is InChI=1S/C9H18O3/c1-4-10-6-2-8-12-9-3-7-11-5-1/h1-9H2. The topological polar surface area (TPSA) is 27.7 Å². The van der Waals surface area contributed by atoms with Crippen LogP contribution in [-0.2, 0) is 14.2 Å². The molecule has 0 aromatic rings. The van der Waals surface area contributed by atoms with Gasteiger partial charge in [-0.3, -0.25) is 0 Å². The van der Waals surface area contributed by atoms with E-state index in [0.717, 1.165) is 58.9 Å². The second-order valence-electron chi connectivity index (χ2n) is 2.90. The van der Waals surface area contributed by atoms with Crippen LogP contribution in [0.2, 0.25) is 0 Å². The van der Waals surface area contributed by atoms with E-state index in [9.17, 15) is 0 Å². The minimum absolute atomic E-state index is 0.819. The van der Waals surface area contributed by atoms with Gasteiger partial charge >= 0.3 is 0 Å². The summed E-state index contributed by atoms with van der Waals surface area (Å²) < 4.78 is 16.0. The van der Waals surface area contributed by atoms with Crippen LogP contribution in [-0.4, -0.2) is 39.6 Å². The highest BCUT2D eigenvalue weighted by Crippen LogP contribution is 1.93. The second-order valence-corrected chi connectivity index (χ2v) is 2.90. The Labute approximate surface area is 74.0 Å². The summed E-state index contributed by atoms with van der Waals surface area (Å²) in [5, 5.41) is 0. The largest absolute Gasteiger partial charge is 0.381 e. The Hall–Kier alpha value is -0.120. The van der Waals surface area contributed by atoms with Crippen molar-refractivity contribution in [2.24, 2.45) is 0 Å². The molecule has 0 aromatic heterocycles. The van der Waals surface area contributed by atoms with Crippen LogP contribution in [0.25, 0.3) is 0 Å². The maximum Gasteiger partial charge on any atom is 0.0488 e. The summed E-state index contributed by atoms with van der Waals surface area (Å²) in [6, 6.07) is 0. The van der Waals surface area contributed by atoms with Crippen molar-refractivity contribution in [3.05, 3.63) is 0 Å². The molecule has 0 atom stereocenters. The molecule has 0 radical (unpaired) electrons. The van der Waals surface area contributed by atoms with Gasteiger partial charge < -0.3 is 14.2 Å². The SMILES string of the molecule is C1COCCCOCCCOC1. The first-order chi connectivity index (χ1) is 6.00. The predicted molar refractivity (Wildman–Crippen MR) is 46.3 cm³/mol. The molecule has 0 aliphatic carbocycles. The van der Waals surface area contributed by atoms with Gasteiger partial charge in [-0.05, 0) is 19.3 Å². The molecule has 1 aliphatic heterocycles. The Bertz CT molecular complexity index is 52.8. The summed E-state index contributed by atoms with van der Waals surface area (Å²) in [5.74, 6) is 0. The van der Waals surface area contributed by atoms with E-state index in [1.807, 2.05) is 0 Å². The molecule has 0 saturated carbocycles. The fourth-order valence-corrected chi connectivity index (χ4v) is 1.10. The molecular formula is C9H18O3. The normalized spacial score (nSPS) is 24.0. The molecule has 1 heterocycles. The van der Waals surface area contributed by atoms with Gasteiger partial charge in [-0.15, -0.1) is 0 Å². The third-order valence-corrected chi connectivity index (χ3v) is 1.73. The molecule has 0 N–H and O–H groups in total. The molecule has 3 nitrogen and oxygen atoms in total. The number of hydrogen-bond donors (Lipinski definition) is 0. The quantitative estimate of drug-likeness (QED) is 0.552. The lowest BCUT2D eigenvalue weighted by Gasteiger charge is -2.08. The molecule has 0 unspecified atom stereocenters. The summed E-state index contributed by atoms with van der Waals surface area (Å²) in [7, 11) is 0. The van der Waals surface area contributed by atoms with Gasteiger partial charge in [-0.2, -0.15) is 0 Å². The van der Waals surface area contributed by atoms with Crippen LogP contribution in [0.4, 0.5) is 0 Å². The number of rotatable bonds is 0. The van der Waals surface area contributed by atoms with Crippen LogP contribution < -0.4 is 0 Å². The number of ether oxygens (including phenoxy) is 3. The Morgan fingerprint density at radius 2 is 0.667 bits per heavy atom. The van der Waals surface area contributed by atoms with Crippen LogP contribution >= 0.6 is 0 Å². The van der Waals surface area contributed by atoms with Crippen molar-refractivity contribution in [1.82, 2.24) is 0 Å². The van der Waals surface area contributed by atoms with Gasteiger partial charge in [0.15, 0.2) is 0 Å². The van der Waals surface area contributed by atoms with E-state index in [1.54, 1.807) is 0 Å². The molecule has 1 saturated heterocycles. The highest BCUT2D eigenvalue weighted by Gasteiger charge is 1.95. The molecule has 72 valence electrons. The van der Waals surface area contributed by atoms with Crippen LogP contribution in [0.15, 0.2) is 0 Å². The van der Waals surface area contributed by atoms with Gasteiger partial charge in [-0.25, -0.2) is 0 Å². The summed E-state index contributed by atoms with van der Waals surface area (Å²) in [5.41, 5.74) is 0. The number of hydrogen-bond acceptors (Lipinski definition) is 3. The summed E-state index contributed by atoms with van der Waals surface area (Å²) >= 11 is 0. The smallest absolute Gasteiger partial charge is 0.0488 e. The molecule has 0 amide bonds. The van der Waals surface area contributed by atoms with Crippen molar-refractivity contribution in [2.45, 2.75) is 19.3 Å². The highest BCUT2D eigenvalue weighted by atomic mass is 16.5. The average molecular weight is 174 g/mol. The predicted octanol–water partition coefficient (Wildman–Crippen LogP) is 1.22. The van der Waals surface area contributed by atoms with Crippen molar-refractivity contribution >= 4 is 0 Å². The minimum atomic E-state index is 0.819. The van der Waals surface area contributed by atoms with Gasteiger partial charge in [0.2, 0.25) is 0 Å². The minimum Gasteiger partial charge on any atom is -0.381 e. The van der Waals surface area contributed by atoms with Gasteiger partial charge in [0, 0.05) is 39.6 Å². The lowest BCUT2D eigenvalue weighted by atomic mass is 10.4. The Balaban J connectivity index is 2.00. The monoisotopic (exact) mass is 174 g/mol. The second kappa shape index (κ2) is 7.53. The van der Waals surface area contributed by atoms with Gasteiger partial charge in [0.1, 0.15) is 0 Å². The molecule has 1 aliphatic rings.